The van der Waals surface area contributed by atoms with Gasteiger partial charge >= 0.3 is 6.18 Å². The monoisotopic (exact) mass is 605 g/mol. The number of fused-ring (bicyclic) bond motifs is 6. The lowest BCUT2D eigenvalue weighted by molar-refractivity contribution is -0.137. The summed E-state index contributed by atoms with van der Waals surface area (Å²) in [6.07, 6.45) is -4.45. The average molecular weight is 606 g/mol. The van der Waals surface area contributed by atoms with E-state index < -0.39 is 11.7 Å². The van der Waals surface area contributed by atoms with Gasteiger partial charge in [-0.05, 0) is 85.6 Å². The second kappa shape index (κ2) is 10.1. The van der Waals surface area contributed by atoms with E-state index in [0.717, 1.165) is 72.4 Å². The van der Waals surface area contributed by atoms with Crippen LogP contribution in [0.2, 0.25) is 0 Å². The van der Waals surface area contributed by atoms with Crippen LogP contribution in [-0.2, 0) is 6.18 Å². The maximum atomic E-state index is 13.8. The maximum Gasteiger partial charge on any atom is 0.416 e. The Hall–Kier alpha value is -5.80. The molecule has 6 aromatic carbocycles. The summed E-state index contributed by atoms with van der Waals surface area (Å²) >= 11 is 0. The second-order valence-corrected chi connectivity index (χ2v) is 11.8. The molecule has 0 spiro atoms. The molecule has 0 bridgehead atoms. The topological polar surface area (TPSA) is 33.6 Å². The summed E-state index contributed by atoms with van der Waals surface area (Å²) in [5.41, 5.74) is 9.25. The van der Waals surface area contributed by atoms with Crippen LogP contribution in [0.5, 0.6) is 0 Å². The molecule has 0 N–H and O–H groups in total. The van der Waals surface area contributed by atoms with Crippen molar-refractivity contribution < 1.29 is 13.2 Å². The van der Waals surface area contributed by atoms with E-state index in [1.807, 2.05) is 60.7 Å². The molecule has 8 aromatic rings. The number of aromatic nitrogens is 2. The van der Waals surface area contributed by atoms with Gasteiger partial charge < -0.3 is 9.13 Å². The summed E-state index contributed by atoms with van der Waals surface area (Å²) in [6, 6.07) is 40.3. The van der Waals surface area contributed by atoms with Gasteiger partial charge in [0.25, 0.3) is 0 Å². The lowest BCUT2D eigenvalue weighted by Gasteiger charge is -2.21. The number of nitriles is 1. The van der Waals surface area contributed by atoms with Crippen LogP contribution in [0.4, 0.5) is 13.2 Å². The molecule has 2 aromatic heterocycles. The first-order chi connectivity index (χ1) is 22.2. The highest BCUT2D eigenvalue weighted by molar-refractivity contribution is 6.11. The van der Waals surface area contributed by atoms with Gasteiger partial charge in [0.2, 0.25) is 0 Å². The molecule has 0 amide bonds. The molecule has 0 aliphatic heterocycles. The number of aryl methyl sites for hydroxylation is 1. The van der Waals surface area contributed by atoms with Gasteiger partial charge in [0, 0.05) is 27.1 Å². The van der Waals surface area contributed by atoms with Gasteiger partial charge in [0.15, 0.2) is 0 Å². The molecule has 0 radical (unpaired) electrons. The predicted octanol–water partition coefficient (Wildman–Crippen LogP) is 11.1. The van der Waals surface area contributed by atoms with Crippen LogP contribution in [0.3, 0.4) is 0 Å². The molecule has 3 nitrogen and oxygen atoms in total. The normalized spacial score (nSPS) is 12.0. The summed E-state index contributed by atoms with van der Waals surface area (Å²) in [7, 11) is 0. The summed E-state index contributed by atoms with van der Waals surface area (Å²) < 4.78 is 45.8. The molecule has 0 aliphatic carbocycles. The van der Waals surface area contributed by atoms with E-state index in [1.54, 1.807) is 12.1 Å². The van der Waals surface area contributed by atoms with Crippen molar-refractivity contribution >= 4 is 43.6 Å². The quantitative estimate of drug-likeness (QED) is 0.197. The van der Waals surface area contributed by atoms with Crippen molar-refractivity contribution in [1.82, 2.24) is 9.13 Å². The second-order valence-electron chi connectivity index (χ2n) is 11.8. The van der Waals surface area contributed by atoms with Crippen LogP contribution >= 0.6 is 0 Å². The Kier molecular flexibility index (Phi) is 6.10. The van der Waals surface area contributed by atoms with Crippen molar-refractivity contribution in [2.75, 3.05) is 0 Å². The third kappa shape index (κ3) is 4.13. The van der Waals surface area contributed by atoms with E-state index in [4.69, 9.17) is 0 Å². The van der Waals surface area contributed by atoms with E-state index in [1.165, 1.54) is 6.07 Å². The van der Waals surface area contributed by atoms with Gasteiger partial charge in [-0.3, -0.25) is 0 Å². The first-order valence-corrected chi connectivity index (χ1v) is 15.0. The lowest BCUT2D eigenvalue weighted by atomic mass is 9.97. The minimum atomic E-state index is -4.45. The Morgan fingerprint density at radius 1 is 0.587 bits per heavy atom. The van der Waals surface area contributed by atoms with Gasteiger partial charge in [-0.2, -0.15) is 18.4 Å². The van der Waals surface area contributed by atoms with Crippen LogP contribution in [-0.4, -0.2) is 9.13 Å². The van der Waals surface area contributed by atoms with Crippen molar-refractivity contribution in [1.29, 1.82) is 5.26 Å². The highest BCUT2D eigenvalue weighted by Gasteiger charge is 2.31. The highest BCUT2D eigenvalue weighted by atomic mass is 19.4. The predicted molar refractivity (Wildman–Crippen MR) is 180 cm³/mol. The molecule has 2 heterocycles. The van der Waals surface area contributed by atoms with E-state index in [0.29, 0.717) is 16.5 Å². The van der Waals surface area contributed by atoms with Crippen molar-refractivity contribution in [3.8, 4) is 28.6 Å². The van der Waals surface area contributed by atoms with Crippen LogP contribution in [0.15, 0.2) is 121 Å². The Bertz CT molecular complexity index is 2560. The van der Waals surface area contributed by atoms with Crippen LogP contribution < -0.4 is 0 Å². The molecule has 46 heavy (non-hydrogen) atoms. The number of benzene rings is 6. The number of rotatable bonds is 3. The molecule has 0 unspecified atom stereocenters. The standard InChI is InChI=1S/C40H26F3N3/c1-24-14-17-38-32(20-24)30-10-4-6-13-36(30)46(38)39-25(2)34(19-16-29(39)27-9-7-8-26(21-27)23-44)45-35-12-5-3-11-31(35)33-22-28(40(41,42)43)15-18-37(33)45/h3-22H,1-2H3. The number of para-hydroxylation sites is 2. The van der Waals surface area contributed by atoms with Crippen molar-refractivity contribution in [2.24, 2.45) is 0 Å². The molecule has 0 saturated carbocycles. The van der Waals surface area contributed by atoms with Crippen LogP contribution in [0.25, 0.3) is 66.1 Å². The largest absolute Gasteiger partial charge is 0.416 e. The van der Waals surface area contributed by atoms with Gasteiger partial charge in [-0.15, -0.1) is 0 Å². The smallest absolute Gasteiger partial charge is 0.309 e. The zero-order valence-corrected chi connectivity index (χ0v) is 25.0. The Balaban J connectivity index is 1.52. The molecular formula is C40H26F3N3. The van der Waals surface area contributed by atoms with Gasteiger partial charge in [0.05, 0.1) is 50.6 Å². The summed E-state index contributed by atoms with van der Waals surface area (Å²) in [5.74, 6) is 0. The number of hydrogen-bond donors (Lipinski definition) is 0. The zero-order chi connectivity index (χ0) is 31.7. The van der Waals surface area contributed by atoms with Crippen molar-refractivity contribution in [3.63, 3.8) is 0 Å². The van der Waals surface area contributed by atoms with E-state index in [2.05, 4.69) is 65.4 Å². The molecule has 0 atom stereocenters. The SMILES string of the molecule is Cc1ccc2c(c1)c1ccccc1n2-c1c(-c2cccc(C#N)c2)ccc(-n2c3ccccc3c3cc(C(F)(F)F)ccc32)c1C. The van der Waals surface area contributed by atoms with Gasteiger partial charge in [-0.25, -0.2) is 0 Å². The Morgan fingerprint density at radius 3 is 1.93 bits per heavy atom. The number of nitrogens with zero attached hydrogens (tertiary/aromatic N) is 3. The maximum absolute atomic E-state index is 13.8. The van der Waals surface area contributed by atoms with Gasteiger partial charge in [0.1, 0.15) is 0 Å². The van der Waals surface area contributed by atoms with Crippen molar-refractivity contribution in [2.45, 2.75) is 20.0 Å². The Labute approximate surface area is 263 Å². The number of halogens is 3. The minimum absolute atomic E-state index is 0.546. The highest BCUT2D eigenvalue weighted by Crippen LogP contribution is 2.42. The number of hydrogen-bond acceptors (Lipinski definition) is 1. The number of alkyl halides is 3. The fourth-order valence-corrected chi connectivity index (χ4v) is 6.95. The fraction of sp³-hybridized carbons (Fsp3) is 0.0750. The van der Waals surface area contributed by atoms with Crippen LogP contribution in [0, 0.1) is 25.2 Å². The molecular weight excluding hydrogens is 579 g/mol. The summed E-state index contributed by atoms with van der Waals surface area (Å²) in [4.78, 5) is 0. The fourth-order valence-electron chi connectivity index (χ4n) is 6.95. The van der Waals surface area contributed by atoms with E-state index >= 15 is 0 Å². The average Bonchev–Trinajstić information content (AvgIpc) is 3.56. The van der Waals surface area contributed by atoms with E-state index in [9.17, 15) is 18.4 Å². The zero-order valence-electron chi connectivity index (χ0n) is 25.0. The van der Waals surface area contributed by atoms with Gasteiger partial charge in [-0.1, -0.05) is 66.2 Å². The first kappa shape index (κ1) is 27.7. The van der Waals surface area contributed by atoms with Crippen LogP contribution in [0.1, 0.15) is 22.3 Å². The molecule has 0 fully saturated rings. The third-order valence-corrected chi connectivity index (χ3v) is 9.00. The molecule has 8 rings (SSSR count). The minimum Gasteiger partial charge on any atom is -0.309 e. The Morgan fingerprint density at radius 2 is 1.22 bits per heavy atom. The third-order valence-electron chi connectivity index (χ3n) is 9.00. The molecule has 0 saturated heterocycles. The summed E-state index contributed by atoms with van der Waals surface area (Å²) in [5, 5.41) is 13.3. The molecule has 222 valence electrons. The van der Waals surface area contributed by atoms with E-state index in [-0.39, 0.29) is 0 Å². The molecule has 0 aliphatic rings. The lowest BCUT2D eigenvalue weighted by Crippen LogP contribution is -2.06. The molecule has 6 heteroatoms. The van der Waals surface area contributed by atoms with Crippen molar-refractivity contribution in [3.05, 3.63) is 144 Å². The first-order valence-electron chi connectivity index (χ1n) is 15.0. The summed E-state index contributed by atoms with van der Waals surface area (Å²) in [6.45, 7) is 4.16.